The molecule has 0 rings (SSSR count). The molecule has 30 valence electrons. The quantitative estimate of drug-likeness (QED) is 0.380. The van der Waals surface area contributed by atoms with Crippen molar-refractivity contribution in [2.75, 3.05) is 0 Å². The molecule has 0 N–H and O–H groups in total. The van der Waals surface area contributed by atoms with Gasteiger partial charge in [0.05, 0.1) is 0 Å². The van der Waals surface area contributed by atoms with Crippen LogP contribution in [0.2, 0.25) is 0 Å². The van der Waals surface area contributed by atoms with Gasteiger partial charge in [0.25, 0.3) is 0 Å². The molecule has 0 aliphatic rings. The van der Waals surface area contributed by atoms with Crippen LogP contribution in [0.15, 0.2) is 0 Å². The van der Waals surface area contributed by atoms with E-state index < -0.39 is 16.8 Å². The van der Waals surface area contributed by atoms with Crippen LogP contribution in [-0.4, -0.2) is 4.14 Å². The van der Waals surface area contributed by atoms with E-state index in [0.717, 1.165) is 4.14 Å². The molecule has 0 aromatic heterocycles. The summed E-state index contributed by atoms with van der Waals surface area (Å²) in [5.74, 6) is 0. The van der Waals surface area contributed by atoms with Crippen LogP contribution in [0.4, 0.5) is 0 Å². The second-order valence-corrected chi connectivity index (χ2v) is 3.96. The van der Waals surface area contributed by atoms with Gasteiger partial charge in [0.1, 0.15) is 0 Å². The Morgan fingerprint density at radius 1 is 1.60 bits per heavy atom. The average molecular weight is 174 g/mol. The Bertz CT molecular complexity index is 113. The molecule has 0 saturated heterocycles. The first kappa shape index (κ1) is 5.59. The van der Waals surface area contributed by atoms with E-state index in [-0.39, 0.29) is 0 Å². The van der Waals surface area contributed by atoms with Gasteiger partial charge < -0.3 is 0 Å². The summed E-state index contributed by atoms with van der Waals surface area (Å²) >= 11 is -3.04. The molecule has 2 nitrogen and oxygen atoms in total. The monoisotopic (exact) mass is 176 g/mol. The third-order valence-corrected chi connectivity index (χ3v) is 1.97. The molecule has 1 unspecified atom stereocenters. The fraction of sp³-hybridized carbons (Fsp3) is 0. The van der Waals surface area contributed by atoms with Gasteiger partial charge in [-0.15, -0.1) is 0 Å². The average Bonchev–Trinajstić information content (AvgIpc) is 1.38. The minimum atomic E-state index is -3.04. The Morgan fingerprint density at radius 3 is 1.80 bits per heavy atom. The molecule has 0 aromatic rings. The number of rotatable bonds is 0. The SMILES string of the molecule is [O]=[Mo](=[O])=[CH]P. The van der Waals surface area contributed by atoms with Crippen LogP contribution in [0.3, 0.4) is 0 Å². The van der Waals surface area contributed by atoms with Crippen molar-refractivity contribution >= 4 is 13.4 Å². The standard InChI is InChI=1S/CH3P.Mo.2O/c1-2;;;/h1H,2H2;;;. The summed E-state index contributed by atoms with van der Waals surface area (Å²) < 4.78 is 20.0. The Kier molecular flexibility index (Phi) is 3.14. The second-order valence-electron chi connectivity index (χ2n) is 0.397. The zero-order chi connectivity index (χ0) is 4.28. The van der Waals surface area contributed by atoms with Crippen molar-refractivity contribution in [1.82, 2.24) is 0 Å². The van der Waals surface area contributed by atoms with Crippen molar-refractivity contribution in [1.29, 1.82) is 0 Å². The van der Waals surface area contributed by atoms with Crippen molar-refractivity contribution in [2.24, 2.45) is 0 Å². The molecule has 0 aromatic carbocycles. The number of hydrogen-bond donors (Lipinski definition) is 0. The van der Waals surface area contributed by atoms with Gasteiger partial charge in [0.15, 0.2) is 0 Å². The summed E-state index contributed by atoms with van der Waals surface area (Å²) in [7, 11) is 2.02. The molecule has 5 heavy (non-hydrogen) atoms. The van der Waals surface area contributed by atoms with E-state index in [1.807, 2.05) is 9.24 Å². The fourth-order valence-electron chi connectivity index (χ4n) is 0. The third-order valence-electron chi connectivity index (χ3n) is 0.111. The first-order valence-corrected chi connectivity index (χ1v) is 4.37. The summed E-state index contributed by atoms with van der Waals surface area (Å²) in [5.41, 5.74) is 0. The summed E-state index contributed by atoms with van der Waals surface area (Å²) in [6.45, 7) is 0. The molecule has 1 atom stereocenters. The summed E-state index contributed by atoms with van der Waals surface area (Å²) in [6.07, 6.45) is 0. The van der Waals surface area contributed by atoms with E-state index >= 15 is 0 Å². The summed E-state index contributed by atoms with van der Waals surface area (Å²) in [5, 5.41) is 0. The zero-order valence-corrected chi connectivity index (χ0v) is 5.54. The van der Waals surface area contributed by atoms with E-state index in [4.69, 9.17) is 0 Å². The van der Waals surface area contributed by atoms with Crippen LogP contribution in [0.25, 0.3) is 0 Å². The predicted octanol–water partition coefficient (Wildman–Crippen LogP) is -0.0696. The Hall–Kier alpha value is 0.588. The van der Waals surface area contributed by atoms with E-state index in [0.29, 0.717) is 0 Å². The van der Waals surface area contributed by atoms with Crippen LogP contribution in [0.1, 0.15) is 0 Å². The van der Waals surface area contributed by atoms with Gasteiger partial charge in [-0.25, -0.2) is 0 Å². The van der Waals surface area contributed by atoms with Crippen molar-refractivity contribution < 1.29 is 23.6 Å². The van der Waals surface area contributed by atoms with E-state index in [9.17, 15) is 6.80 Å². The van der Waals surface area contributed by atoms with Crippen LogP contribution < -0.4 is 0 Å². The van der Waals surface area contributed by atoms with Gasteiger partial charge in [-0.05, 0) is 0 Å². The van der Waals surface area contributed by atoms with E-state index in [2.05, 4.69) is 0 Å². The molecule has 0 radical (unpaired) electrons. The molecule has 0 fully saturated rings. The predicted molar refractivity (Wildman–Crippen MR) is 17.1 cm³/mol. The molecule has 0 aliphatic heterocycles. The molecule has 0 bridgehead atoms. The maximum atomic E-state index is 9.43. The van der Waals surface area contributed by atoms with Crippen LogP contribution in [-0.2, 0) is 23.6 Å². The van der Waals surface area contributed by atoms with E-state index in [1.54, 1.807) is 0 Å². The van der Waals surface area contributed by atoms with Gasteiger partial charge in [-0.1, -0.05) is 0 Å². The summed E-state index contributed by atoms with van der Waals surface area (Å²) in [6, 6.07) is 0. The van der Waals surface area contributed by atoms with Crippen LogP contribution in [0.5, 0.6) is 0 Å². The van der Waals surface area contributed by atoms with Gasteiger partial charge in [0.2, 0.25) is 0 Å². The molecule has 0 heterocycles. The molecule has 0 spiro atoms. The van der Waals surface area contributed by atoms with Crippen LogP contribution >= 0.6 is 9.24 Å². The third kappa shape index (κ3) is 4.59. The Morgan fingerprint density at radius 2 is 1.80 bits per heavy atom. The molecule has 0 saturated carbocycles. The molecular weight excluding hydrogens is 171 g/mol. The molecule has 0 amide bonds. The molecule has 0 aliphatic carbocycles. The van der Waals surface area contributed by atoms with Gasteiger partial charge >= 0.3 is 37.0 Å². The van der Waals surface area contributed by atoms with Crippen LogP contribution in [0, 0.1) is 0 Å². The second kappa shape index (κ2) is 2.81. The molecular formula is CH3MoO2P. The summed E-state index contributed by atoms with van der Waals surface area (Å²) in [4.78, 5) is 0. The van der Waals surface area contributed by atoms with Gasteiger partial charge in [0, 0.05) is 0 Å². The first-order valence-electron chi connectivity index (χ1n) is 0.902. The Balaban J connectivity index is 4.25. The Labute approximate surface area is 37.5 Å². The molecule has 4 heteroatoms. The van der Waals surface area contributed by atoms with Crippen molar-refractivity contribution in [2.45, 2.75) is 0 Å². The first-order chi connectivity index (χ1) is 2.27. The van der Waals surface area contributed by atoms with Crippen molar-refractivity contribution in [3.63, 3.8) is 0 Å². The number of hydrogen-bond acceptors (Lipinski definition) is 2. The van der Waals surface area contributed by atoms with E-state index in [1.165, 1.54) is 0 Å². The minimum absolute atomic E-state index is 1.14. The fourth-order valence-corrected chi connectivity index (χ4v) is 0. The van der Waals surface area contributed by atoms with Crippen molar-refractivity contribution in [3.8, 4) is 0 Å². The normalized spacial score (nSPS) is 6.60. The topological polar surface area (TPSA) is 34.1 Å². The maximum absolute atomic E-state index is 9.43. The zero-order valence-electron chi connectivity index (χ0n) is 2.38. The van der Waals surface area contributed by atoms with Gasteiger partial charge in [-0.2, -0.15) is 0 Å². The van der Waals surface area contributed by atoms with Crippen molar-refractivity contribution in [3.05, 3.63) is 0 Å². The van der Waals surface area contributed by atoms with Gasteiger partial charge in [-0.3, -0.25) is 0 Å².